The maximum Gasteiger partial charge on any atom is 0.243 e. The quantitative estimate of drug-likeness (QED) is 0.572. The lowest BCUT2D eigenvalue weighted by atomic mass is 9.86. The van der Waals surface area contributed by atoms with E-state index in [1.54, 1.807) is 26.1 Å². The summed E-state index contributed by atoms with van der Waals surface area (Å²) in [6, 6.07) is 0.564. The Morgan fingerprint density at radius 2 is 2.05 bits per heavy atom. The molecule has 1 fully saturated rings. The number of amides is 1. The molecular formula is C16H32N4O2. The summed E-state index contributed by atoms with van der Waals surface area (Å²) in [5, 5.41) is 6.83. The van der Waals surface area contributed by atoms with Crippen LogP contribution in [0.3, 0.4) is 0 Å². The van der Waals surface area contributed by atoms with Gasteiger partial charge in [-0.25, -0.2) is 4.99 Å². The van der Waals surface area contributed by atoms with E-state index >= 15 is 0 Å². The number of carbonyl (C=O) groups is 1. The third kappa shape index (κ3) is 6.64. The largest absolute Gasteiger partial charge is 0.383 e. The van der Waals surface area contributed by atoms with Gasteiger partial charge in [-0.1, -0.05) is 19.8 Å². The molecule has 3 unspecified atom stereocenters. The van der Waals surface area contributed by atoms with Gasteiger partial charge in [-0.15, -0.1) is 0 Å². The predicted octanol–water partition coefficient (Wildman–Crippen LogP) is 1.22. The first kappa shape index (κ1) is 18.7. The zero-order chi connectivity index (χ0) is 16.5. The van der Waals surface area contributed by atoms with Crippen molar-refractivity contribution < 1.29 is 9.53 Å². The average Bonchev–Trinajstić information content (AvgIpc) is 2.46. The summed E-state index contributed by atoms with van der Waals surface area (Å²) in [4.78, 5) is 17.8. The molecule has 0 aromatic carbocycles. The van der Waals surface area contributed by atoms with Crippen LogP contribution in [-0.2, 0) is 9.53 Å². The highest BCUT2D eigenvalue weighted by molar-refractivity contribution is 5.85. The molecule has 6 heteroatoms. The van der Waals surface area contributed by atoms with Crippen LogP contribution in [0.5, 0.6) is 0 Å². The highest BCUT2D eigenvalue weighted by atomic mass is 16.5. The van der Waals surface area contributed by atoms with Crippen molar-refractivity contribution in [3.63, 3.8) is 0 Å². The number of methoxy groups -OCH3 is 1. The topological polar surface area (TPSA) is 66.0 Å². The molecule has 0 aromatic heterocycles. The van der Waals surface area contributed by atoms with Crippen LogP contribution >= 0.6 is 0 Å². The minimum absolute atomic E-state index is 0.00260. The number of aliphatic imine (C=N–C) groups is 1. The van der Waals surface area contributed by atoms with Crippen LogP contribution in [0.15, 0.2) is 4.99 Å². The number of nitrogens with zero attached hydrogens (tertiary/aromatic N) is 2. The number of ether oxygens (including phenoxy) is 1. The Morgan fingerprint density at radius 3 is 2.64 bits per heavy atom. The molecule has 0 aromatic rings. The van der Waals surface area contributed by atoms with Crippen molar-refractivity contribution in [2.45, 2.75) is 51.6 Å². The third-order valence-corrected chi connectivity index (χ3v) is 4.10. The number of hydrogen-bond acceptors (Lipinski definition) is 3. The van der Waals surface area contributed by atoms with E-state index in [0.29, 0.717) is 24.5 Å². The van der Waals surface area contributed by atoms with Crippen LogP contribution < -0.4 is 10.6 Å². The Kier molecular flexibility index (Phi) is 8.24. The minimum Gasteiger partial charge on any atom is -0.383 e. The Morgan fingerprint density at radius 1 is 1.36 bits per heavy atom. The molecule has 0 bridgehead atoms. The van der Waals surface area contributed by atoms with Crippen molar-refractivity contribution >= 4 is 11.9 Å². The second-order valence-corrected chi connectivity index (χ2v) is 6.47. The summed E-state index contributed by atoms with van der Waals surface area (Å²) >= 11 is 0. The number of hydrogen-bond donors (Lipinski definition) is 2. The van der Waals surface area contributed by atoms with Gasteiger partial charge in [-0.05, 0) is 25.7 Å². The molecule has 2 N–H and O–H groups in total. The molecule has 0 heterocycles. The first-order chi connectivity index (χ1) is 10.4. The van der Waals surface area contributed by atoms with Gasteiger partial charge in [0, 0.05) is 33.3 Å². The standard InChI is InChI=1S/C16H32N4O2/c1-12-8-6-7-9-14(12)19-16(18-13(2)11-22-5)17-10-15(21)20(3)4/h12-14H,6-11H2,1-5H3,(H2,17,18,19). The summed E-state index contributed by atoms with van der Waals surface area (Å²) in [6.07, 6.45) is 4.95. The van der Waals surface area contributed by atoms with Crippen molar-refractivity contribution in [2.75, 3.05) is 34.4 Å². The van der Waals surface area contributed by atoms with E-state index in [-0.39, 0.29) is 18.5 Å². The number of likely N-dealkylation sites (N-methyl/N-ethyl adjacent to an activating group) is 1. The van der Waals surface area contributed by atoms with Crippen LogP contribution in [0.2, 0.25) is 0 Å². The van der Waals surface area contributed by atoms with Gasteiger partial charge < -0.3 is 20.3 Å². The Labute approximate surface area is 134 Å². The minimum atomic E-state index is -0.00260. The van der Waals surface area contributed by atoms with Gasteiger partial charge >= 0.3 is 0 Å². The molecule has 6 nitrogen and oxygen atoms in total. The number of rotatable bonds is 6. The van der Waals surface area contributed by atoms with Crippen molar-refractivity contribution in [3.05, 3.63) is 0 Å². The zero-order valence-electron chi connectivity index (χ0n) is 14.7. The van der Waals surface area contributed by atoms with Crippen molar-refractivity contribution in [1.82, 2.24) is 15.5 Å². The first-order valence-electron chi connectivity index (χ1n) is 8.20. The molecule has 0 spiro atoms. The molecule has 0 aliphatic heterocycles. The number of carbonyl (C=O) groups excluding carboxylic acids is 1. The van der Waals surface area contributed by atoms with Crippen molar-refractivity contribution in [2.24, 2.45) is 10.9 Å². The molecule has 22 heavy (non-hydrogen) atoms. The predicted molar refractivity (Wildman–Crippen MR) is 90.0 cm³/mol. The fraction of sp³-hybridized carbons (Fsp3) is 0.875. The highest BCUT2D eigenvalue weighted by Crippen LogP contribution is 2.23. The van der Waals surface area contributed by atoms with E-state index < -0.39 is 0 Å². The summed E-state index contributed by atoms with van der Waals surface area (Å²) in [5.74, 6) is 1.33. The van der Waals surface area contributed by atoms with E-state index in [4.69, 9.17) is 4.74 Å². The van der Waals surface area contributed by atoms with Crippen LogP contribution in [-0.4, -0.2) is 63.2 Å². The summed E-state index contributed by atoms with van der Waals surface area (Å²) < 4.78 is 5.16. The van der Waals surface area contributed by atoms with Crippen LogP contribution in [0.4, 0.5) is 0 Å². The van der Waals surface area contributed by atoms with Gasteiger partial charge in [-0.3, -0.25) is 4.79 Å². The van der Waals surface area contributed by atoms with Gasteiger partial charge in [0.15, 0.2) is 5.96 Å². The fourth-order valence-electron chi connectivity index (χ4n) is 2.65. The molecule has 1 saturated carbocycles. The molecule has 1 aliphatic rings. The number of guanidine groups is 1. The van der Waals surface area contributed by atoms with Gasteiger partial charge in [0.2, 0.25) is 5.91 Å². The van der Waals surface area contributed by atoms with Crippen LogP contribution in [0, 0.1) is 5.92 Å². The molecule has 3 atom stereocenters. The Balaban J connectivity index is 2.67. The SMILES string of the molecule is COCC(C)NC(=NCC(=O)N(C)C)NC1CCCCC1C. The normalized spacial score (nSPS) is 23.8. The zero-order valence-corrected chi connectivity index (χ0v) is 14.7. The van der Waals surface area contributed by atoms with Gasteiger partial charge in [-0.2, -0.15) is 0 Å². The monoisotopic (exact) mass is 312 g/mol. The molecule has 1 rings (SSSR count). The Hall–Kier alpha value is -1.30. The summed E-state index contributed by atoms with van der Waals surface area (Å²) in [5.41, 5.74) is 0. The summed E-state index contributed by atoms with van der Waals surface area (Å²) in [7, 11) is 5.17. The smallest absolute Gasteiger partial charge is 0.243 e. The van der Waals surface area contributed by atoms with Crippen LogP contribution in [0.1, 0.15) is 39.5 Å². The molecule has 0 saturated heterocycles. The maximum atomic E-state index is 11.8. The van der Waals surface area contributed by atoms with Crippen molar-refractivity contribution in [3.8, 4) is 0 Å². The van der Waals surface area contributed by atoms with Gasteiger partial charge in [0.05, 0.1) is 6.61 Å². The maximum absolute atomic E-state index is 11.8. The molecule has 1 amide bonds. The van der Waals surface area contributed by atoms with E-state index in [1.807, 2.05) is 6.92 Å². The second-order valence-electron chi connectivity index (χ2n) is 6.47. The van der Waals surface area contributed by atoms with E-state index in [9.17, 15) is 4.79 Å². The molecule has 0 radical (unpaired) electrons. The molecule has 1 aliphatic carbocycles. The van der Waals surface area contributed by atoms with Crippen LogP contribution in [0.25, 0.3) is 0 Å². The van der Waals surface area contributed by atoms with Crippen molar-refractivity contribution in [1.29, 1.82) is 0 Å². The highest BCUT2D eigenvalue weighted by Gasteiger charge is 2.22. The van der Waals surface area contributed by atoms with Gasteiger partial charge in [0.1, 0.15) is 6.54 Å². The molecular weight excluding hydrogens is 280 g/mol. The van der Waals surface area contributed by atoms with E-state index in [2.05, 4.69) is 22.5 Å². The van der Waals surface area contributed by atoms with Gasteiger partial charge in [0.25, 0.3) is 0 Å². The van der Waals surface area contributed by atoms with E-state index in [0.717, 1.165) is 6.42 Å². The third-order valence-electron chi connectivity index (χ3n) is 4.10. The summed E-state index contributed by atoms with van der Waals surface area (Å²) in [6.45, 7) is 5.07. The van der Waals surface area contributed by atoms with E-state index in [1.165, 1.54) is 19.3 Å². The molecule has 128 valence electrons. The first-order valence-corrected chi connectivity index (χ1v) is 8.20. The second kappa shape index (κ2) is 9.66. The average molecular weight is 312 g/mol. The lowest BCUT2D eigenvalue weighted by molar-refractivity contribution is -0.127. The lowest BCUT2D eigenvalue weighted by Crippen LogP contribution is -2.50. The number of nitrogens with one attached hydrogen (secondary N) is 2. The Bertz CT molecular complexity index is 371. The lowest BCUT2D eigenvalue weighted by Gasteiger charge is -2.31. The fourth-order valence-corrected chi connectivity index (χ4v) is 2.65.